The molecule has 0 bridgehead atoms. The van der Waals surface area contributed by atoms with Crippen molar-refractivity contribution >= 4 is 141 Å². The van der Waals surface area contributed by atoms with Crippen LogP contribution in [0.5, 0.6) is 46.0 Å². The predicted molar refractivity (Wildman–Crippen MR) is 325 cm³/mol. The fourth-order valence-corrected chi connectivity index (χ4v) is 9.52. The van der Waals surface area contributed by atoms with Gasteiger partial charge in [0.15, 0.2) is 23.0 Å². The molecular weight excluding hydrogens is 1230 g/mol. The van der Waals surface area contributed by atoms with E-state index in [1.165, 1.54) is 74.9 Å². The molecule has 2 saturated carbocycles. The summed E-state index contributed by atoms with van der Waals surface area (Å²) in [6.07, 6.45) is 6.55. The predicted octanol–water partition coefficient (Wildman–Crippen LogP) is 10.6. The number of carbonyl (C=O) groups is 6. The Labute approximate surface area is 548 Å². The molecule has 0 radical (unpaired) electrons. The number of aromatic nitrogens is 2. The van der Waals surface area contributed by atoms with Gasteiger partial charge in [-0.05, 0) is 173 Å². The molecule has 4 N–H and O–H groups in total. The Morgan fingerprint density at radius 2 is 0.809 bits per heavy atom. The second-order valence-corrected chi connectivity index (χ2v) is 21.3. The summed E-state index contributed by atoms with van der Waals surface area (Å²) in [4.78, 5) is 81.9. The van der Waals surface area contributed by atoms with Crippen molar-refractivity contribution in [1.29, 1.82) is 0 Å². The molecule has 25 heteroatoms. The van der Waals surface area contributed by atoms with Crippen LogP contribution in [0.4, 0.5) is 31.5 Å². The molecule has 10 rings (SSSR count). The van der Waals surface area contributed by atoms with Gasteiger partial charge in [-0.2, -0.15) is 0 Å². The van der Waals surface area contributed by atoms with Crippen LogP contribution in [-0.4, -0.2) is 111 Å². The standard InChI is InChI=1S/2C32H29ClFN3O7.Ca/c2*1-42-27-17-22-24(18-28(27)43-15-3-2-4-29(38)39)35-14-11-25(22)44-26-10-9-21(16-23(26)33)37-31(41)32(12-13-32)30(40)36-20-7-5-19(34)6-8-20;/h2*5-11,14,16-18H,2-4,12-13,15H2,1H3,(H,36,40)(H,37,41)(H,38,39);/q;;+2/p-2. The van der Waals surface area contributed by atoms with Gasteiger partial charge < -0.3 is 69.5 Å². The molecule has 8 aromatic rings. The number of carboxylic acid groups (broad SMARTS) is 2. The molecule has 4 amide bonds. The zero-order valence-electron chi connectivity index (χ0n) is 48.0. The molecule has 0 atom stereocenters. The Hall–Kier alpha value is -8.54. The smallest absolute Gasteiger partial charge is 0.550 e. The Morgan fingerprint density at radius 1 is 0.461 bits per heavy atom. The number of hydrogen-bond acceptors (Lipinski definition) is 16. The van der Waals surface area contributed by atoms with Crippen molar-refractivity contribution in [3.8, 4) is 46.0 Å². The summed E-state index contributed by atoms with van der Waals surface area (Å²) < 4.78 is 61.2. The molecule has 89 heavy (non-hydrogen) atoms. The summed E-state index contributed by atoms with van der Waals surface area (Å²) in [6.45, 7) is 0.591. The number of methoxy groups -OCH3 is 2. The van der Waals surface area contributed by atoms with Gasteiger partial charge in [0.25, 0.3) is 0 Å². The van der Waals surface area contributed by atoms with Gasteiger partial charge in [-0.1, -0.05) is 23.2 Å². The van der Waals surface area contributed by atoms with Gasteiger partial charge in [-0.3, -0.25) is 29.1 Å². The van der Waals surface area contributed by atoms with Crippen molar-refractivity contribution in [2.75, 3.05) is 48.7 Å². The molecule has 0 unspecified atom stereocenters. The van der Waals surface area contributed by atoms with Crippen LogP contribution in [0.1, 0.15) is 64.2 Å². The first-order chi connectivity index (χ1) is 42.4. The molecule has 2 fully saturated rings. The average Bonchev–Trinajstić information content (AvgIpc) is 1.96. The molecular formula is C64H56CaCl2F2N6O14. The Morgan fingerprint density at radius 3 is 1.13 bits per heavy atom. The zero-order chi connectivity index (χ0) is 62.5. The van der Waals surface area contributed by atoms with Gasteiger partial charge >= 0.3 is 37.7 Å². The summed E-state index contributed by atoms with van der Waals surface area (Å²) in [5, 5.41) is 33.8. The van der Waals surface area contributed by atoms with Crippen LogP contribution in [0.15, 0.2) is 134 Å². The summed E-state index contributed by atoms with van der Waals surface area (Å²) in [7, 11) is 3.01. The number of carbonyl (C=O) groups excluding carboxylic acids is 6. The van der Waals surface area contributed by atoms with E-state index in [0.29, 0.717) is 155 Å². The van der Waals surface area contributed by atoms with Crippen LogP contribution < -0.4 is 59.9 Å². The number of unbranched alkanes of at least 4 members (excludes halogenated alkanes) is 2. The minimum absolute atomic E-state index is 0. The number of aliphatic carboxylic acids is 2. The number of amides is 4. The van der Waals surface area contributed by atoms with Crippen molar-refractivity contribution in [3.05, 3.63) is 155 Å². The monoisotopic (exact) mass is 1280 g/mol. The van der Waals surface area contributed by atoms with E-state index in [4.69, 9.17) is 51.6 Å². The number of nitrogens with one attached hydrogen (secondary N) is 4. The number of nitrogens with zero attached hydrogens (tertiary/aromatic N) is 2. The van der Waals surface area contributed by atoms with Crippen LogP contribution in [0, 0.1) is 22.5 Å². The fourth-order valence-electron chi connectivity index (χ4n) is 9.08. The topological polar surface area (TPSA) is 278 Å². The van der Waals surface area contributed by atoms with Gasteiger partial charge in [0.1, 0.15) is 45.5 Å². The molecule has 0 aliphatic heterocycles. The molecule has 0 spiro atoms. The van der Waals surface area contributed by atoms with Crippen LogP contribution >= 0.6 is 23.2 Å². The molecule has 20 nitrogen and oxygen atoms in total. The van der Waals surface area contributed by atoms with Crippen molar-refractivity contribution in [3.63, 3.8) is 0 Å². The van der Waals surface area contributed by atoms with Crippen LogP contribution in [0.25, 0.3) is 21.8 Å². The number of hydrogen-bond donors (Lipinski definition) is 4. The van der Waals surface area contributed by atoms with Crippen LogP contribution in [0.3, 0.4) is 0 Å². The number of benzene rings is 6. The second-order valence-electron chi connectivity index (χ2n) is 20.5. The maximum atomic E-state index is 13.2. The van der Waals surface area contributed by atoms with Gasteiger partial charge in [0.2, 0.25) is 23.6 Å². The van der Waals surface area contributed by atoms with Gasteiger partial charge in [0.05, 0.1) is 48.5 Å². The van der Waals surface area contributed by atoms with E-state index in [1.54, 1.807) is 73.1 Å². The number of ether oxygens (including phenoxy) is 6. The van der Waals surface area contributed by atoms with E-state index in [9.17, 15) is 47.8 Å². The molecule has 2 aliphatic rings. The summed E-state index contributed by atoms with van der Waals surface area (Å²) in [6, 6.07) is 30.3. The van der Waals surface area contributed by atoms with E-state index in [0.717, 1.165) is 0 Å². The summed E-state index contributed by atoms with van der Waals surface area (Å²) >= 11 is 13.1. The minimum Gasteiger partial charge on any atom is -0.550 e. The first-order valence-corrected chi connectivity index (χ1v) is 28.4. The van der Waals surface area contributed by atoms with E-state index >= 15 is 0 Å². The number of rotatable bonds is 26. The summed E-state index contributed by atoms with van der Waals surface area (Å²) in [5.74, 6) is -1.58. The third-order valence-corrected chi connectivity index (χ3v) is 14.9. The second kappa shape index (κ2) is 30.1. The van der Waals surface area contributed by atoms with E-state index in [1.807, 2.05) is 0 Å². The third-order valence-electron chi connectivity index (χ3n) is 14.3. The van der Waals surface area contributed by atoms with Gasteiger partial charge in [-0.15, -0.1) is 0 Å². The Kier molecular flexibility index (Phi) is 22.5. The van der Waals surface area contributed by atoms with E-state index in [-0.39, 0.29) is 60.6 Å². The molecule has 2 aromatic heterocycles. The number of pyridine rings is 2. The van der Waals surface area contributed by atoms with E-state index < -0.39 is 58.0 Å². The number of fused-ring (bicyclic) bond motifs is 2. The van der Waals surface area contributed by atoms with Crippen molar-refractivity contribution in [2.24, 2.45) is 10.8 Å². The molecule has 456 valence electrons. The van der Waals surface area contributed by atoms with Gasteiger partial charge in [0, 0.05) is 70.0 Å². The Bertz CT molecular complexity index is 3680. The van der Waals surface area contributed by atoms with Crippen molar-refractivity contribution in [1.82, 2.24) is 9.97 Å². The number of anilines is 4. The number of halogens is 4. The molecule has 0 saturated heterocycles. The molecule has 6 aromatic carbocycles. The average molecular weight is 1280 g/mol. The Balaban J connectivity index is 0.000000228. The zero-order valence-corrected chi connectivity index (χ0v) is 51.7. The minimum atomic E-state index is -1.22. The molecule has 2 heterocycles. The first kappa shape index (κ1) is 66.4. The largest absolute Gasteiger partial charge is 2.00 e. The fraction of sp³-hybridized carbons (Fsp3) is 0.250. The SMILES string of the molecule is COc1cc2c(Oc3ccc(NC(=O)C4(C(=O)Nc5ccc(F)cc5)CC4)cc3Cl)ccnc2cc1OCCCCC(=O)[O-].COc1cc2c(Oc3ccc(NC(=O)C4(C(=O)Nc5ccc(F)cc5)CC4)cc3Cl)ccnc2cc1OCCCCC(=O)[O-].[Ca+2]. The van der Waals surface area contributed by atoms with Crippen molar-refractivity contribution in [2.45, 2.75) is 64.2 Å². The quantitative estimate of drug-likeness (QED) is 0.0223. The van der Waals surface area contributed by atoms with E-state index in [2.05, 4.69) is 31.2 Å². The first-order valence-electron chi connectivity index (χ1n) is 27.7. The number of carboxylic acids is 2. The normalized spacial score (nSPS) is 13.0. The third kappa shape index (κ3) is 17.0. The maximum Gasteiger partial charge on any atom is 2.00 e. The summed E-state index contributed by atoms with van der Waals surface area (Å²) in [5.41, 5.74) is 0.273. The van der Waals surface area contributed by atoms with Crippen molar-refractivity contribution < 1.29 is 76.2 Å². The van der Waals surface area contributed by atoms with Gasteiger partial charge in [-0.25, -0.2) is 8.78 Å². The van der Waals surface area contributed by atoms with Crippen LogP contribution in [-0.2, 0) is 28.8 Å². The maximum absolute atomic E-state index is 13.2. The van der Waals surface area contributed by atoms with Crippen LogP contribution in [0.2, 0.25) is 10.0 Å². The molecule has 2 aliphatic carbocycles.